The monoisotopic (exact) mass is 451 g/mol. The predicted octanol–water partition coefficient (Wildman–Crippen LogP) is 2.37. The summed E-state index contributed by atoms with van der Waals surface area (Å²) in [4.78, 5) is 42.3. The zero-order valence-electron chi connectivity index (χ0n) is 19.5. The lowest BCUT2D eigenvalue weighted by molar-refractivity contribution is -0.147. The molecule has 7 heteroatoms. The number of carbonyl (C=O) groups excluding carboxylic acids is 3. The summed E-state index contributed by atoms with van der Waals surface area (Å²) in [5.41, 5.74) is 0.946. The number of nitrogens with zero attached hydrogens (tertiary/aromatic N) is 2. The van der Waals surface area contributed by atoms with Crippen LogP contribution in [0.4, 0.5) is 0 Å². The maximum atomic E-state index is 13.3. The molecule has 2 aromatic carbocycles. The molecule has 0 aromatic heterocycles. The van der Waals surface area contributed by atoms with Gasteiger partial charge in [0.2, 0.25) is 11.8 Å². The van der Waals surface area contributed by atoms with Crippen molar-refractivity contribution in [1.29, 1.82) is 0 Å². The Balaban J connectivity index is 1.35. The highest BCUT2D eigenvalue weighted by molar-refractivity contribution is 5.92. The van der Waals surface area contributed by atoms with E-state index in [0.29, 0.717) is 32.8 Å². The van der Waals surface area contributed by atoms with Crippen molar-refractivity contribution in [3.05, 3.63) is 48.0 Å². The van der Waals surface area contributed by atoms with Crippen molar-refractivity contribution < 1.29 is 19.1 Å². The summed E-state index contributed by atoms with van der Waals surface area (Å²) in [5, 5.41) is 5.12. The quantitative estimate of drug-likeness (QED) is 0.732. The van der Waals surface area contributed by atoms with Gasteiger partial charge in [0.1, 0.15) is 12.1 Å². The van der Waals surface area contributed by atoms with E-state index < -0.39 is 6.04 Å². The number of piperazine rings is 1. The Morgan fingerprint density at radius 2 is 1.70 bits per heavy atom. The smallest absolute Gasteiger partial charge is 0.251 e. The minimum Gasteiger partial charge on any atom is -0.368 e. The highest BCUT2D eigenvalue weighted by atomic mass is 16.5. The molecule has 2 heterocycles. The van der Waals surface area contributed by atoms with Gasteiger partial charge in [-0.1, -0.05) is 56.3 Å². The molecule has 0 unspecified atom stereocenters. The van der Waals surface area contributed by atoms with Crippen LogP contribution in [-0.2, 0) is 25.5 Å². The van der Waals surface area contributed by atoms with Crippen molar-refractivity contribution in [3.63, 3.8) is 0 Å². The van der Waals surface area contributed by atoms with Crippen LogP contribution in [0.1, 0.15) is 32.3 Å². The maximum Gasteiger partial charge on any atom is 0.251 e. The molecule has 3 amide bonds. The fourth-order valence-electron chi connectivity index (χ4n) is 4.68. The third kappa shape index (κ3) is 5.36. The molecule has 2 aliphatic rings. The van der Waals surface area contributed by atoms with Crippen molar-refractivity contribution in [2.45, 2.75) is 45.3 Å². The van der Waals surface area contributed by atoms with Gasteiger partial charge in [-0.25, -0.2) is 0 Å². The Morgan fingerprint density at radius 1 is 1.00 bits per heavy atom. The molecule has 2 saturated heterocycles. The minimum absolute atomic E-state index is 0.0309. The average molecular weight is 452 g/mol. The number of benzene rings is 2. The fraction of sp³-hybridized carbons (Fsp3) is 0.500. The Bertz CT molecular complexity index is 1000. The number of ether oxygens (including phenoxy) is 1. The minimum atomic E-state index is -0.590. The number of rotatable bonds is 6. The third-order valence-corrected chi connectivity index (χ3v) is 6.59. The van der Waals surface area contributed by atoms with Crippen LogP contribution < -0.4 is 5.32 Å². The van der Waals surface area contributed by atoms with E-state index in [4.69, 9.17) is 4.74 Å². The van der Waals surface area contributed by atoms with E-state index in [9.17, 15) is 14.4 Å². The number of carbonyl (C=O) groups is 3. The molecule has 0 aliphatic carbocycles. The summed E-state index contributed by atoms with van der Waals surface area (Å²) in [6, 6.07) is 13.3. The van der Waals surface area contributed by atoms with E-state index in [-0.39, 0.29) is 36.2 Å². The average Bonchev–Trinajstić information content (AvgIpc) is 3.37. The second kappa shape index (κ2) is 10.3. The van der Waals surface area contributed by atoms with Gasteiger partial charge in [0.05, 0.1) is 6.42 Å². The first-order valence-corrected chi connectivity index (χ1v) is 11.9. The lowest BCUT2D eigenvalue weighted by Crippen LogP contribution is -2.58. The van der Waals surface area contributed by atoms with Crippen LogP contribution in [0.5, 0.6) is 0 Å². The molecule has 1 N–H and O–H groups in total. The van der Waals surface area contributed by atoms with Gasteiger partial charge in [0.15, 0.2) is 0 Å². The lowest BCUT2D eigenvalue weighted by atomic mass is 9.99. The molecular weight excluding hydrogens is 418 g/mol. The van der Waals surface area contributed by atoms with Gasteiger partial charge < -0.3 is 19.9 Å². The maximum absolute atomic E-state index is 13.3. The topological polar surface area (TPSA) is 79.0 Å². The van der Waals surface area contributed by atoms with E-state index in [1.807, 2.05) is 56.3 Å². The normalized spacial score (nSPS) is 19.7. The van der Waals surface area contributed by atoms with Crippen molar-refractivity contribution in [1.82, 2.24) is 15.1 Å². The van der Waals surface area contributed by atoms with Crippen LogP contribution in [0.2, 0.25) is 0 Å². The second-order valence-corrected chi connectivity index (χ2v) is 9.26. The molecule has 0 bridgehead atoms. The molecule has 2 aromatic rings. The van der Waals surface area contributed by atoms with Crippen LogP contribution in [0.25, 0.3) is 10.8 Å². The van der Waals surface area contributed by atoms with Gasteiger partial charge in [0, 0.05) is 32.8 Å². The Labute approximate surface area is 195 Å². The largest absolute Gasteiger partial charge is 0.368 e. The van der Waals surface area contributed by atoms with Gasteiger partial charge in [-0.3, -0.25) is 14.4 Å². The van der Waals surface area contributed by atoms with Crippen LogP contribution in [0.3, 0.4) is 0 Å². The van der Waals surface area contributed by atoms with Crippen LogP contribution in [-0.4, -0.2) is 72.5 Å². The molecule has 2 atom stereocenters. The molecule has 2 fully saturated rings. The molecule has 0 saturated carbocycles. The highest BCUT2D eigenvalue weighted by Crippen LogP contribution is 2.20. The van der Waals surface area contributed by atoms with Crippen LogP contribution in [0, 0.1) is 5.92 Å². The highest BCUT2D eigenvalue weighted by Gasteiger charge is 2.34. The van der Waals surface area contributed by atoms with Crippen LogP contribution >= 0.6 is 0 Å². The first-order chi connectivity index (χ1) is 15.9. The van der Waals surface area contributed by atoms with E-state index in [0.717, 1.165) is 29.2 Å². The van der Waals surface area contributed by atoms with Crippen molar-refractivity contribution >= 4 is 28.5 Å². The summed E-state index contributed by atoms with van der Waals surface area (Å²) in [6.45, 7) is 6.47. The molecule has 2 aliphatic heterocycles. The number of fused-ring (bicyclic) bond motifs is 1. The van der Waals surface area contributed by atoms with E-state index >= 15 is 0 Å². The third-order valence-electron chi connectivity index (χ3n) is 6.59. The SMILES string of the molecule is CC(C)[C@@H](NC(=O)Cc1cccc2ccccc12)C(=O)N1CCN(C(=O)[C@@H]2CCCO2)CC1. The summed E-state index contributed by atoms with van der Waals surface area (Å²) in [7, 11) is 0. The van der Waals surface area contributed by atoms with Gasteiger partial charge >= 0.3 is 0 Å². The molecule has 7 nitrogen and oxygen atoms in total. The molecule has 176 valence electrons. The molecule has 0 radical (unpaired) electrons. The second-order valence-electron chi connectivity index (χ2n) is 9.26. The molecule has 0 spiro atoms. The lowest BCUT2D eigenvalue weighted by Gasteiger charge is -2.38. The Kier molecular flexibility index (Phi) is 7.28. The van der Waals surface area contributed by atoms with Gasteiger partial charge in [-0.2, -0.15) is 0 Å². The summed E-state index contributed by atoms with van der Waals surface area (Å²) in [5.74, 6) is -0.255. The standard InChI is InChI=1S/C26H33N3O4/c1-18(2)24(27-23(30)17-20-9-5-8-19-7-3-4-10-21(19)20)26(32)29-14-12-28(13-15-29)25(31)22-11-6-16-33-22/h3-5,7-10,18,22,24H,6,11-17H2,1-2H3,(H,27,30)/t22-,24+/m0/s1. The predicted molar refractivity (Wildman–Crippen MR) is 127 cm³/mol. The van der Waals surface area contributed by atoms with Crippen LogP contribution in [0.15, 0.2) is 42.5 Å². The zero-order valence-corrected chi connectivity index (χ0v) is 19.5. The van der Waals surface area contributed by atoms with Gasteiger partial charge in [-0.05, 0) is 35.1 Å². The molecular formula is C26H33N3O4. The number of hydrogen-bond donors (Lipinski definition) is 1. The summed E-state index contributed by atoms with van der Waals surface area (Å²) < 4.78 is 5.51. The number of hydrogen-bond acceptors (Lipinski definition) is 4. The molecule has 4 rings (SSSR count). The zero-order chi connectivity index (χ0) is 23.4. The number of amides is 3. The van der Waals surface area contributed by atoms with Crippen molar-refractivity contribution in [2.24, 2.45) is 5.92 Å². The van der Waals surface area contributed by atoms with Gasteiger partial charge in [-0.15, -0.1) is 0 Å². The summed E-state index contributed by atoms with van der Waals surface area (Å²) >= 11 is 0. The number of nitrogens with one attached hydrogen (secondary N) is 1. The fourth-order valence-corrected chi connectivity index (χ4v) is 4.68. The van der Waals surface area contributed by atoms with Gasteiger partial charge in [0.25, 0.3) is 5.91 Å². The van der Waals surface area contributed by atoms with E-state index in [1.54, 1.807) is 9.80 Å². The van der Waals surface area contributed by atoms with E-state index in [1.165, 1.54) is 0 Å². The first kappa shape index (κ1) is 23.2. The van der Waals surface area contributed by atoms with Crippen molar-refractivity contribution in [3.8, 4) is 0 Å². The molecule has 33 heavy (non-hydrogen) atoms. The first-order valence-electron chi connectivity index (χ1n) is 11.9. The Morgan fingerprint density at radius 3 is 2.39 bits per heavy atom. The Hall–Kier alpha value is -2.93. The van der Waals surface area contributed by atoms with E-state index in [2.05, 4.69) is 5.32 Å². The summed E-state index contributed by atoms with van der Waals surface area (Å²) in [6.07, 6.45) is 1.59. The van der Waals surface area contributed by atoms with Crippen molar-refractivity contribution in [2.75, 3.05) is 32.8 Å².